The van der Waals surface area contributed by atoms with E-state index < -0.39 is 0 Å². The van der Waals surface area contributed by atoms with Crippen LogP contribution < -0.4 is 5.32 Å². The standard InChI is InChI=1S/C15H30N2O4/c1-5-9-20-11-12-21-10-8-16-14(18)6-7-15(19)17(4)13(2)3/h13H,5-12H2,1-4H3,(H,16,18). The maximum absolute atomic E-state index is 11.7. The highest BCUT2D eigenvalue weighted by Crippen LogP contribution is 2.00. The molecule has 0 saturated heterocycles. The number of hydrogen-bond acceptors (Lipinski definition) is 4. The highest BCUT2D eigenvalue weighted by Gasteiger charge is 2.13. The van der Waals surface area contributed by atoms with E-state index in [1.54, 1.807) is 11.9 Å². The van der Waals surface area contributed by atoms with E-state index >= 15 is 0 Å². The summed E-state index contributed by atoms with van der Waals surface area (Å²) < 4.78 is 10.6. The smallest absolute Gasteiger partial charge is 0.223 e. The fraction of sp³-hybridized carbons (Fsp3) is 0.867. The lowest BCUT2D eigenvalue weighted by Gasteiger charge is -2.21. The van der Waals surface area contributed by atoms with Gasteiger partial charge < -0.3 is 19.7 Å². The third-order valence-electron chi connectivity index (χ3n) is 3.02. The summed E-state index contributed by atoms with van der Waals surface area (Å²) in [6, 6.07) is 0.156. The lowest BCUT2D eigenvalue weighted by Crippen LogP contribution is -2.34. The summed E-state index contributed by atoms with van der Waals surface area (Å²) in [7, 11) is 1.75. The van der Waals surface area contributed by atoms with Crippen molar-refractivity contribution in [1.29, 1.82) is 0 Å². The van der Waals surface area contributed by atoms with Gasteiger partial charge in [-0.25, -0.2) is 0 Å². The van der Waals surface area contributed by atoms with Crippen LogP contribution in [-0.4, -0.2) is 62.8 Å². The average Bonchev–Trinajstić information content (AvgIpc) is 2.46. The number of carbonyl (C=O) groups excluding carboxylic acids is 2. The van der Waals surface area contributed by atoms with Gasteiger partial charge in [-0.15, -0.1) is 0 Å². The molecule has 124 valence electrons. The van der Waals surface area contributed by atoms with Crippen molar-refractivity contribution in [1.82, 2.24) is 10.2 Å². The summed E-state index contributed by atoms with van der Waals surface area (Å²) in [5, 5.41) is 2.73. The van der Waals surface area contributed by atoms with Crippen molar-refractivity contribution < 1.29 is 19.1 Å². The largest absolute Gasteiger partial charge is 0.379 e. The van der Waals surface area contributed by atoms with Crippen LogP contribution >= 0.6 is 0 Å². The summed E-state index contributed by atoms with van der Waals surface area (Å²) in [4.78, 5) is 24.9. The molecule has 0 saturated carbocycles. The van der Waals surface area contributed by atoms with Crippen molar-refractivity contribution in [3.63, 3.8) is 0 Å². The maximum Gasteiger partial charge on any atom is 0.223 e. The third-order valence-corrected chi connectivity index (χ3v) is 3.02. The molecule has 0 radical (unpaired) electrons. The number of rotatable bonds is 12. The molecule has 0 aliphatic rings. The summed E-state index contributed by atoms with van der Waals surface area (Å²) in [5.74, 6) is -0.129. The normalized spacial score (nSPS) is 10.7. The Morgan fingerprint density at radius 1 is 1.05 bits per heavy atom. The van der Waals surface area contributed by atoms with E-state index in [4.69, 9.17) is 9.47 Å². The van der Waals surface area contributed by atoms with E-state index in [9.17, 15) is 9.59 Å². The van der Waals surface area contributed by atoms with E-state index in [1.807, 2.05) is 13.8 Å². The van der Waals surface area contributed by atoms with Crippen LogP contribution in [0.15, 0.2) is 0 Å². The van der Waals surface area contributed by atoms with Gasteiger partial charge in [-0.3, -0.25) is 9.59 Å². The first-order valence-corrected chi connectivity index (χ1v) is 7.66. The van der Waals surface area contributed by atoms with Gasteiger partial charge in [0.25, 0.3) is 0 Å². The molecular weight excluding hydrogens is 272 g/mol. The van der Waals surface area contributed by atoms with Crippen LogP contribution in [0.1, 0.15) is 40.0 Å². The van der Waals surface area contributed by atoms with Crippen molar-refractivity contribution in [2.45, 2.75) is 46.1 Å². The van der Waals surface area contributed by atoms with Gasteiger partial charge in [0, 0.05) is 39.1 Å². The van der Waals surface area contributed by atoms with Crippen LogP contribution in [-0.2, 0) is 19.1 Å². The van der Waals surface area contributed by atoms with Gasteiger partial charge in [0.2, 0.25) is 11.8 Å². The minimum atomic E-state index is -0.119. The molecule has 0 aromatic rings. The van der Waals surface area contributed by atoms with Crippen molar-refractivity contribution >= 4 is 11.8 Å². The van der Waals surface area contributed by atoms with Crippen molar-refractivity contribution in [2.24, 2.45) is 0 Å². The van der Waals surface area contributed by atoms with Gasteiger partial charge in [0.05, 0.1) is 19.8 Å². The van der Waals surface area contributed by atoms with Crippen LogP contribution in [0.25, 0.3) is 0 Å². The lowest BCUT2D eigenvalue weighted by molar-refractivity contribution is -0.133. The van der Waals surface area contributed by atoms with Gasteiger partial charge in [-0.1, -0.05) is 6.92 Å². The molecule has 0 atom stereocenters. The number of carbonyl (C=O) groups is 2. The van der Waals surface area contributed by atoms with Gasteiger partial charge in [-0.05, 0) is 20.3 Å². The van der Waals surface area contributed by atoms with Crippen molar-refractivity contribution in [2.75, 3.05) is 40.0 Å². The first-order valence-electron chi connectivity index (χ1n) is 7.66. The highest BCUT2D eigenvalue weighted by molar-refractivity contribution is 5.83. The van der Waals surface area contributed by atoms with Gasteiger partial charge in [0.1, 0.15) is 0 Å². The van der Waals surface area contributed by atoms with Gasteiger partial charge >= 0.3 is 0 Å². The molecule has 0 aliphatic heterocycles. The number of ether oxygens (including phenoxy) is 2. The quantitative estimate of drug-likeness (QED) is 0.550. The Balaban J connectivity index is 3.49. The molecule has 0 rings (SSSR count). The molecule has 0 aliphatic carbocycles. The molecule has 6 nitrogen and oxygen atoms in total. The Morgan fingerprint density at radius 2 is 1.67 bits per heavy atom. The Morgan fingerprint density at radius 3 is 2.24 bits per heavy atom. The molecule has 0 aromatic heterocycles. The predicted octanol–water partition coefficient (Wildman–Crippen LogP) is 1.19. The van der Waals surface area contributed by atoms with Crippen LogP contribution in [0.4, 0.5) is 0 Å². The summed E-state index contributed by atoms with van der Waals surface area (Å²) in [6.45, 7) is 8.73. The second-order valence-electron chi connectivity index (χ2n) is 5.17. The van der Waals surface area contributed by atoms with Crippen LogP contribution in [0.3, 0.4) is 0 Å². The Kier molecular flexibility index (Phi) is 11.9. The maximum atomic E-state index is 11.7. The highest BCUT2D eigenvalue weighted by atomic mass is 16.5. The van der Waals surface area contributed by atoms with E-state index in [0.717, 1.165) is 13.0 Å². The first kappa shape index (κ1) is 19.9. The summed E-state index contributed by atoms with van der Waals surface area (Å²) in [5.41, 5.74) is 0. The number of nitrogens with one attached hydrogen (secondary N) is 1. The lowest BCUT2D eigenvalue weighted by atomic mass is 10.2. The van der Waals surface area contributed by atoms with Gasteiger partial charge in [-0.2, -0.15) is 0 Å². The zero-order valence-electron chi connectivity index (χ0n) is 13.8. The van der Waals surface area contributed by atoms with Gasteiger partial charge in [0.15, 0.2) is 0 Å². The molecule has 1 N–H and O–H groups in total. The molecule has 21 heavy (non-hydrogen) atoms. The minimum absolute atomic E-state index is 0.00975. The second-order valence-corrected chi connectivity index (χ2v) is 5.17. The summed E-state index contributed by atoms with van der Waals surface area (Å²) >= 11 is 0. The monoisotopic (exact) mass is 302 g/mol. The molecule has 0 unspecified atom stereocenters. The Hall–Kier alpha value is -1.14. The van der Waals surface area contributed by atoms with E-state index in [1.165, 1.54) is 0 Å². The molecule has 0 heterocycles. The van der Waals surface area contributed by atoms with Crippen LogP contribution in [0.5, 0.6) is 0 Å². The van der Waals surface area contributed by atoms with Crippen LogP contribution in [0.2, 0.25) is 0 Å². The fourth-order valence-corrected chi connectivity index (χ4v) is 1.50. The van der Waals surface area contributed by atoms with E-state index in [2.05, 4.69) is 12.2 Å². The minimum Gasteiger partial charge on any atom is -0.379 e. The SMILES string of the molecule is CCCOCCOCCNC(=O)CCC(=O)N(C)C(C)C. The molecule has 0 fully saturated rings. The molecule has 2 amide bonds. The topological polar surface area (TPSA) is 67.9 Å². The third kappa shape index (κ3) is 11.2. The molecule has 0 spiro atoms. The van der Waals surface area contributed by atoms with Crippen LogP contribution in [0, 0.1) is 0 Å². The molecular formula is C15H30N2O4. The van der Waals surface area contributed by atoms with Crippen molar-refractivity contribution in [3.8, 4) is 0 Å². The zero-order chi connectivity index (χ0) is 16.1. The molecule has 0 aromatic carbocycles. The predicted molar refractivity (Wildman–Crippen MR) is 82.1 cm³/mol. The number of hydrogen-bond donors (Lipinski definition) is 1. The molecule has 6 heteroatoms. The Bertz CT molecular complexity index is 295. The van der Waals surface area contributed by atoms with E-state index in [-0.39, 0.29) is 30.7 Å². The first-order chi connectivity index (χ1) is 9.99. The Labute approximate surface area is 128 Å². The second kappa shape index (κ2) is 12.6. The number of nitrogens with zero attached hydrogens (tertiary/aromatic N) is 1. The summed E-state index contributed by atoms with van der Waals surface area (Å²) in [6.07, 6.45) is 1.46. The zero-order valence-corrected chi connectivity index (χ0v) is 13.8. The number of amides is 2. The average molecular weight is 302 g/mol. The van der Waals surface area contributed by atoms with Crippen molar-refractivity contribution in [3.05, 3.63) is 0 Å². The molecule has 0 bridgehead atoms. The fourth-order valence-electron chi connectivity index (χ4n) is 1.50. The van der Waals surface area contributed by atoms with E-state index in [0.29, 0.717) is 26.4 Å².